The van der Waals surface area contributed by atoms with Gasteiger partial charge < -0.3 is 4.90 Å². The first-order chi connectivity index (χ1) is 13.9. The minimum atomic E-state index is -3.06. The molecule has 0 aromatic carbocycles. The van der Waals surface area contributed by atoms with Gasteiger partial charge in [0.2, 0.25) is 5.91 Å². The van der Waals surface area contributed by atoms with E-state index in [1.54, 1.807) is 12.1 Å². The number of Topliss-reactive ketones (excluding diaryl/α,β-unsaturated/α-hetero) is 1. The lowest BCUT2D eigenvalue weighted by molar-refractivity contribution is -0.132. The Hall–Kier alpha value is -2.80. The number of carbonyl (C=O) groups is 2. The summed E-state index contributed by atoms with van der Waals surface area (Å²) in [5.74, 6) is 2.67. The summed E-state index contributed by atoms with van der Waals surface area (Å²) in [6.45, 7) is -0.772. The SMILES string of the molecule is N#C[C@@H]1CC(F)(F)CN1C(=O)CCC(=O)c1ccncc1C#CC1CCCCC1. The molecule has 1 atom stereocenters. The first-order valence-electron chi connectivity index (χ1n) is 9.95. The fourth-order valence-electron chi connectivity index (χ4n) is 3.86. The largest absolute Gasteiger partial charge is 0.320 e. The van der Waals surface area contributed by atoms with Crippen molar-refractivity contribution in [3.8, 4) is 17.9 Å². The zero-order valence-electron chi connectivity index (χ0n) is 16.2. The van der Waals surface area contributed by atoms with Crippen LogP contribution in [-0.2, 0) is 4.79 Å². The number of alkyl halides is 2. The minimum Gasteiger partial charge on any atom is -0.320 e. The van der Waals surface area contributed by atoms with Crippen LogP contribution in [0.1, 0.15) is 67.3 Å². The maximum Gasteiger partial charge on any atom is 0.268 e. The van der Waals surface area contributed by atoms with Crippen LogP contribution in [0.15, 0.2) is 18.5 Å². The van der Waals surface area contributed by atoms with E-state index < -0.39 is 30.8 Å². The Bertz CT molecular complexity index is 876. The lowest BCUT2D eigenvalue weighted by Crippen LogP contribution is -2.36. The predicted octanol–water partition coefficient (Wildman–Crippen LogP) is 3.74. The summed E-state index contributed by atoms with van der Waals surface area (Å²) in [7, 11) is 0. The van der Waals surface area contributed by atoms with E-state index in [1.807, 2.05) is 0 Å². The lowest BCUT2D eigenvalue weighted by Gasteiger charge is -2.18. The molecule has 1 saturated carbocycles. The first-order valence-corrected chi connectivity index (χ1v) is 9.95. The third-order valence-corrected chi connectivity index (χ3v) is 5.44. The number of amides is 1. The summed E-state index contributed by atoms with van der Waals surface area (Å²) >= 11 is 0. The number of likely N-dealkylation sites (tertiary alicyclic amines) is 1. The summed E-state index contributed by atoms with van der Waals surface area (Å²) in [6, 6.07) is 2.16. The van der Waals surface area contributed by atoms with E-state index in [9.17, 15) is 18.4 Å². The van der Waals surface area contributed by atoms with Gasteiger partial charge in [-0.2, -0.15) is 5.26 Å². The van der Waals surface area contributed by atoms with E-state index in [2.05, 4.69) is 16.8 Å². The Morgan fingerprint density at radius 3 is 2.72 bits per heavy atom. The van der Waals surface area contributed by atoms with Gasteiger partial charge in [-0.25, -0.2) is 8.78 Å². The summed E-state index contributed by atoms with van der Waals surface area (Å²) in [5, 5.41) is 9.01. The number of hydrogen-bond donors (Lipinski definition) is 0. The smallest absolute Gasteiger partial charge is 0.268 e. The van der Waals surface area contributed by atoms with Crippen LogP contribution in [0.5, 0.6) is 0 Å². The Labute approximate surface area is 169 Å². The standard InChI is InChI=1S/C22H23F2N3O2/c23-22(24)12-18(13-25)27(15-22)21(29)9-8-20(28)19-10-11-26-14-17(19)7-6-16-4-2-1-3-5-16/h10-11,14,16,18H,1-5,8-9,12,15H2/t18-/m0/s1. The molecule has 7 heteroatoms. The third-order valence-electron chi connectivity index (χ3n) is 5.44. The summed E-state index contributed by atoms with van der Waals surface area (Å²) in [5.41, 5.74) is 0.915. The Kier molecular flexibility index (Phi) is 6.59. The molecule has 1 aromatic rings. The number of hydrogen-bond acceptors (Lipinski definition) is 4. The molecule has 1 aromatic heterocycles. The van der Waals surface area contributed by atoms with Crippen LogP contribution < -0.4 is 0 Å². The summed E-state index contributed by atoms with van der Waals surface area (Å²) < 4.78 is 27.0. The predicted molar refractivity (Wildman–Crippen MR) is 102 cm³/mol. The zero-order valence-corrected chi connectivity index (χ0v) is 16.2. The van der Waals surface area contributed by atoms with E-state index in [-0.39, 0.29) is 18.6 Å². The Morgan fingerprint density at radius 1 is 1.24 bits per heavy atom. The highest BCUT2D eigenvalue weighted by Gasteiger charge is 2.47. The van der Waals surface area contributed by atoms with Gasteiger partial charge in [0, 0.05) is 43.1 Å². The highest BCUT2D eigenvalue weighted by molar-refractivity contribution is 6.00. The van der Waals surface area contributed by atoms with Crippen LogP contribution in [0, 0.1) is 29.1 Å². The molecule has 1 aliphatic heterocycles. The molecule has 0 unspecified atom stereocenters. The maximum atomic E-state index is 13.5. The molecule has 0 N–H and O–H groups in total. The van der Waals surface area contributed by atoms with E-state index in [0.717, 1.165) is 17.7 Å². The van der Waals surface area contributed by atoms with Gasteiger partial charge in [0.05, 0.1) is 18.2 Å². The van der Waals surface area contributed by atoms with Gasteiger partial charge in [-0.1, -0.05) is 31.1 Å². The second-order valence-electron chi connectivity index (χ2n) is 7.68. The van der Waals surface area contributed by atoms with Crippen LogP contribution in [0.4, 0.5) is 8.78 Å². The van der Waals surface area contributed by atoms with E-state index in [4.69, 9.17) is 5.26 Å². The minimum absolute atomic E-state index is 0.124. The molecular formula is C22H23F2N3O2. The number of rotatable bonds is 4. The molecule has 2 fully saturated rings. The Morgan fingerprint density at radius 2 is 2.00 bits per heavy atom. The molecule has 2 heterocycles. The van der Waals surface area contributed by atoms with Crippen molar-refractivity contribution in [2.24, 2.45) is 5.92 Å². The molecule has 0 bridgehead atoms. The zero-order chi connectivity index (χ0) is 20.9. The summed E-state index contributed by atoms with van der Waals surface area (Å²) in [6.07, 6.45) is 7.72. The van der Waals surface area contributed by atoms with Gasteiger partial charge in [0.1, 0.15) is 6.04 Å². The first kappa shape index (κ1) is 20.9. The van der Waals surface area contributed by atoms with E-state index >= 15 is 0 Å². The van der Waals surface area contributed by atoms with Crippen molar-refractivity contribution in [3.05, 3.63) is 29.6 Å². The number of nitrogens with zero attached hydrogens (tertiary/aromatic N) is 3. The molecule has 3 rings (SSSR count). The molecule has 0 radical (unpaired) electrons. The molecule has 1 amide bonds. The lowest BCUT2D eigenvalue weighted by atomic mass is 9.89. The number of nitriles is 1. The van der Waals surface area contributed by atoms with Crippen molar-refractivity contribution >= 4 is 11.7 Å². The Balaban J connectivity index is 1.63. The second kappa shape index (κ2) is 9.13. The van der Waals surface area contributed by atoms with Crippen LogP contribution in [0.2, 0.25) is 0 Å². The van der Waals surface area contributed by atoms with Crippen LogP contribution in [0.3, 0.4) is 0 Å². The average molecular weight is 399 g/mol. The highest BCUT2D eigenvalue weighted by atomic mass is 19.3. The molecule has 29 heavy (non-hydrogen) atoms. The molecule has 1 aliphatic carbocycles. The number of aromatic nitrogens is 1. The molecule has 2 aliphatic rings. The highest BCUT2D eigenvalue weighted by Crippen LogP contribution is 2.32. The van der Waals surface area contributed by atoms with Gasteiger partial charge >= 0.3 is 0 Å². The quantitative estimate of drug-likeness (QED) is 0.571. The molecule has 1 saturated heterocycles. The van der Waals surface area contributed by atoms with E-state index in [1.165, 1.54) is 31.7 Å². The van der Waals surface area contributed by atoms with Gasteiger partial charge in [0.25, 0.3) is 5.92 Å². The van der Waals surface area contributed by atoms with Crippen LogP contribution in [0.25, 0.3) is 0 Å². The molecule has 152 valence electrons. The fourth-order valence-corrected chi connectivity index (χ4v) is 3.86. The van der Waals surface area contributed by atoms with Gasteiger partial charge in [0.15, 0.2) is 5.78 Å². The number of pyridine rings is 1. The third kappa shape index (κ3) is 5.38. The number of carbonyl (C=O) groups excluding carboxylic acids is 2. The van der Waals surface area contributed by atoms with Crippen molar-refractivity contribution in [1.82, 2.24) is 9.88 Å². The normalized spacial score (nSPS) is 21.1. The van der Waals surface area contributed by atoms with Gasteiger partial charge in [-0.3, -0.25) is 14.6 Å². The number of halogens is 2. The van der Waals surface area contributed by atoms with Gasteiger partial charge in [-0.15, -0.1) is 0 Å². The van der Waals surface area contributed by atoms with Crippen LogP contribution in [-0.4, -0.2) is 40.1 Å². The van der Waals surface area contributed by atoms with Crippen molar-refractivity contribution in [2.45, 2.75) is 63.3 Å². The summed E-state index contributed by atoms with van der Waals surface area (Å²) in [4.78, 5) is 29.9. The van der Waals surface area contributed by atoms with Crippen LogP contribution >= 0.6 is 0 Å². The average Bonchev–Trinajstić information content (AvgIpc) is 3.06. The molecule has 5 nitrogen and oxygen atoms in total. The van der Waals surface area contributed by atoms with E-state index in [0.29, 0.717) is 17.0 Å². The van der Waals surface area contributed by atoms with Crippen molar-refractivity contribution in [3.63, 3.8) is 0 Å². The van der Waals surface area contributed by atoms with Gasteiger partial charge in [-0.05, 0) is 18.9 Å². The van der Waals surface area contributed by atoms with Crippen molar-refractivity contribution in [2.75, 3.05) is 6.54 Å². The van der Waals surface area contributed by atoms with Crippen molar-refractivity contribution in [1.29, 1.82) is 5.26 Å². The number of ketones is 1. The fraction of sp³-hybridized carbons (Fsp3) is 0.545. The molecule has 0 spiro atoms. The topological polar surface area (TPSA) is 74.1 Å². The van der Waals surface area contributed by atoms with Crippen molar-refractivity contribution < 1.29 is 18.4 Å². The maximum absolute atomic E-state index is 13.5. The second-order valence-corrected chi connectivity index (χ2v) is 7.68. The molecular weight excluding hydrogens is 376 g/mol. The monoisotopic (exact) mass is 399 g/mol.